The largest absolute Gasteiger partial charge is 0.422 e. The van der Waals surface area contributed by atoms with Crippen molar-refractivity contribution in [2.75, 3.05) is 18.0 Å². The van der Waals surface area contributed by atoms with Crippen LogP contribution in [0.4, 0.5) is 5.69 Å². The lowest BCUT2D eigenvalue weighted by atomic mass is 9.97. The van der Waals surface area contributed by atoms with E-state index >= 15 is 0 Å². The second-order valence-electron chi connectivity index (χ2n) is 8.60. The highest BCUT2D eigenvalue weighted by Crippen LogP contribution is 2.44. The molecular formula is C28H27NO4. The summed E-state index contributed by atoms with van der Waals surface area (Å²) in [7, 11) is 0. The van der Waals surface area contributed by atoms with Crippen molar-refractivity contribution >= 4 is 39.7 Å². The normalized spacial score (nSPS) is 16.5. The van der Waals surface area contributed by atoms with Crippen molar-refractivity contribution in [3.05, 3.63) is 71.3 Å². The van der Waals surface area contributed by atoms with Gasteiger partial charge in [0, 0.05) is 36.0 Å². The number of hydrogen-bond acceptors (Lipinski definition) is 5. The summed E-state index contributed by atoms with van der Waals surface area (Å²) in [5.41, 5.74) is 3.13. The van der Waals surface area contributed by atoms with Crippen LogP contribution in [0.3, 0.4) is 0 Å². The van der Waals surface area contributed by atoms with Gasteiger partial charge in [-0.2, -0.15) is 0 Å². The summed E-state index contributed by atoms with van der Waals surface area (Å²) in [5.74, 6) is -0.129. The molecule has 0 atom stereocenters. The molecule has 5 rings (SSSR count). The first-order valence-corrected chi connectivity index (χ1v) is 11.7. The molecule has 0 aromatic heterocycles. The SMILES string of the molecule is CCCCN(CCCC)c1ccc2c(c1)OC(=O)/C2=C1/OC(=O)c2cc3ccccc3cc21. The zero-order valence-electron chi connectivity index (χ0n) is 19.0. The van der Waals surface area contributed by atoms with Crippen LogP contribution in [-0.2, 0) is 9.53 Å². The minimum absolute atomic E-state index is 0.283. The van der Waals surface area contributed by atoms with Crippen molar-refractivity contribution in [3.63, 3.8) is 0 Å². The number of ether oxygens (including phenoxy) is 2. The Balaban J connectivity index is 1.57. The van der Waals surface area contributed by atoms with E-state index in [-0.39, 0.29) is 5.76 Å². The van der Waals surface area contributed by atoms with Crippen molar-refractivity contribution in [1.29, 1.82) is 0 Å². The summed E-state index contributed by atoms with van der Waals surface area (Å²) in [6.07, 6.45) is 4.46. The molecule has 0 N–H and O–H groups in total. The van der Waals surface area contributed by atoms with Crippen LogP contribution in [0, 0.1) is 0 Å². The maximum Gasteiger partial charge on any atom is 0.348 e. The Bertz CT molecular complexity index is 1280. The Morgan fingerprint density at radius 3 is 2.06 bits per heavy atom. The summed E-state index contributed by atoms with van der Waals surface area (Å²) >= 11 is 0. The number of cyclic esters (lactones) is 1. The Kier molecular flexibility index (Phi) is 5.63. The molecule has 0 radical (unpaired) electrons. The first-order valence-electron chi connectivity index (χ1n) is 11.7. The molecule has 0 saturated heterocycles. The maximum absolute atomic E-state index is 12.9. The molecule has 3 aromatic rings. The lowest BCUT2D eigenvalue weighted by Crippen LogP contribution is -2.25. The van der Waals surface area contributed by atoms with E-state index in [1.807, 2.05) is 54.6 Å². The van der Waals surface area contributed by atoms with E-state index in [9.17, 15) is 9.59 Å². The highest BCUT2D eigenvalue weighted by atomic mass is 16.6. The van der Waals surface area contributed by atoms with Crippen LogP contribution in [0.2, 0.25) is 0 Å². The van der Waals surface area contributed by atoms with Gasteiger partial charge in [-0.3, -0.25) is 0 Å². The van der Waals surface area contributed by atoms with E-state index < -0.39 is 11.9 Å². The topological polar surface area (TPSA) is 55.8 Å². The van der Waals surface area contributed by atoms with E-state index in [4.69, 9.17) is 9.47 Å². The smallest absolute Gasteiger partial charge is 0.348 e. The lowest BCUT2D eigenvalue weighted by molar-refractivity contribution is -0.126. The number of unbranched alkanes of at least 4 members (excludes halogenated alkanes) is 2. The van der Waals surface area contributed by atoms with Crippen LogP contribution in [0.5, 0.6) is 5.75 Å². The molecule has 0 spiro atoms. The van der Waals surface area contributed by atoms with Gasteiger partial charge in [-0.05, 0) is 47.9 Å². The number of carbonyl (C=O) groups is 2. The predicted molar refractivity (Wildman–Crippen MR) is 130 cm³/mol. The Labute approximate surface area is 193 Å². The van der Waals surface area contributed by atoms with Gasteiger partial charge in [0.15, 0.2) is 5.76 Å². The molecule has 168 valence electrons. The summed E-state index contributed by atoms with van der Waals surface area (Å²) in [4.78, 5) is 27.9. The minimum Gasteiger partial charge on any atom is -0.422 e. The molecule has 2 aliphatic rings. The van der Waals surface area contributed by atoms with E-state index in [0.29, 0.717) is 28.0 Å². The van der Waals surface area contributed by atoms with Gasteiger partial charge in [0.2, 0.25) is 0 Å². The quantitative estimate of drug-likeness (QED) is 0.248. The second-order valence-corrected chi connectivity index (χ2v) is 8.60. The third kappa shape index (κ3) is 3.78. The molecular weight excluding hydrogens is 414 g/mol. The van der Waals surface area contributed by atoms with E-state index in [1.54, 1.807) is 0 Å². The van der Waals surface area contributed by atoms with Crippen LogP contribution in [-0.4, -0.2) is 25.0 Å². The van der Waals surface area contributed by atoms with Crippen molar-refractivity contribution in [3.8, 4) is 5.75 Å². The van der Waals surface area contributed by atoms with Gasteiger partial charge in [0.1, 0.15) is 11.3 Å². The fourth-order valence-electron chi connectivity index (χ4n) is 4.53. The summed E-state index contributed by atoms with van der Waals surface area (Å²) in [6.45, 7) is 6.31. The molecule has 5 heteroatoms. The molecule has 0 fully saturated rings. The van der Waals surface area contributed by atoms with Gasteiger partial charge in [-0.25, -0.2) is 9.59 Å². The molecule has 2 aliphatic heterocycles. The molecule has 5 nitrogen and oxygen atoms in total. The van der Waals surface area contributed by atoms with E-state index in [1.165, 1.54) is 0 Å². The van der Waals surface area contributed by atoms with Crippen LogP contribution < -0.4 is 9.64 Å². The third-order valence-electron chi connectivity index (χ3n) is 6.34. The fraction of sp³-hybridized carbons (Fsp3) is 0.286. The molecule has 2 heterocycles. The second kappa shape index (κ2) is 8.74. The number of esters is 2. The van der Waals surface area contributed by atoms with E-state index in [0.717, 1.165) is 55.2 Å². The molecule has 0 amide bonds. The first kappa shape index (κ1) is 21.3. The average molecular weight is 442 g/mol. The zero-order valence-corrected chi connectivity index (χ0v) is 19.0. The van der Waals surface area contributed by atoms with Crippen molar-refractivity contribution in [2.24, 2.45) is 0 Å². The molecule has 0 bridgehead atoms. The monoisotopic (exact) mass is 441 g/mol. The van der Waals surface area contributed by atoms with Crippen molar-refractivity contribution < 1.29 is 19.1 Å². The molecule has 33 heavy (non-hydrogen) atoms. The summed E-state index contributed by atoms with van der Waals surface area (Å²) in [6, 6.07) is 17.4. The number of fused-ring (bicyclic) bond motifs is 3. The third-order valence-corrected chi connectivity index (χ3v) is 6.34. The molecule has 3 aromatic carbocycles. The number of benzene rings is 3. The van der Waals surface area contributed by atoms with Gasteiger partial charge >= 0.3 is 11.9 Å². The fourth-order valence-corrected chi connectivity index (χ4v) is 4.53. The van der Waals surface area contributed by atoms with Crippen LogP contribution in [0.1, 0.15) is 61.0 Å². The number of carbonyl (C=O) groups excluding carboxylic acids is 2. The zero-order chi connectivity index (χ0) is 22.9. The molecule has 0 saturated carbocycles. The Morgan fingerprint density at radius 1 is 0.727 bits per heavy atom. The number of hydrogen-bond donors (Lipinski definition) is 0. The Morgan fingerprint density at radius 2 is 1.39 bits per heavy atom. The predicted octanol–water partition coefficient (Wildman–Crippen LogP) is 6.20. The molecule has 0 aliphatic carbocycles. The van der Waals surface area contributed by atoms with Crippen LogP contribution in [0.25, 0.3) is 22.1 Å². The standard InChI is InChI=1S/C28H27NO4/c1-3-5-13-29(14-6-4-2)20-11-12-21-24(17-20)32-28(31)25(21)26-22-15-18-9-7-8-10-19(18)16-23(22)27(30)33-26/h7-12,15-17H,3-6,13-14H2,1-2H3/b26-25+. The summed E-state index contributed by atoms with van der Waals surface area (Å²) < 4.78 is 11.3. The number of nitrogens with zero attached hydrogens (tertiary/aromatic N) is 1. The van der Waals surface area contributed by atoms with Gasteiger partial charge in [-0.15, -0.1) is 0 Å². The van der Waals surface area contributed by atoms with Gasteiger partial charge < -0.3 is 14.4 Å². The van der Waals surface area contributed by atoms with Gasteiger partial charge in [0.05, 0.1) is 5.56 Å². The van der Waals surface area contributed by atoms with Crippen molar-refractivity contribution in [1.82, 2.24) is 0 Å². The highest BCUT2D eigenvalue weighted by molar-refractivity contribution is 6.30. The molecule has 0 unspecified atom stereocenters. The average Bonchev–Trinajstić information content (AvgIpc) is 3.32. The van der Waals surface area contributed by atoms with Gasteiger partial charge in [0.25, 0.3) is 0 Å². The van der Waals surface area contributed by atoms with E-state index in [2.05, 4.69) is 18.7 Å². The van der Waals surface area contributed by atoms with Gasteiger partial charge in [-0.1, -0.05) is 51.0 Å². The number of rotatable bonds is 7. The van der Waals surface area contributed by atoms with Crippen LogP contribution >= 0.6 is 0 Å². The Hall–Kier alpha value is -3.60. The highest BCUT2D eigenvalue weighted by Gasteiger charge is 2.38. The van der Waals surface area contributed by atoms with Crippen molar-refractivity contribution in [2.45, 2.75) is 39.5 Å². The minimum atomic E-state index is -0.486. The van der Waals surface area contributed by atoms with Crippen LogP contribution in [0.15, 0.2) is 54.6 Å². The first-order chi connectivity index (χ1) is 16.1. The lowest BCUT2D eigenvalue weighted by Gasteiger charge is -2.25. The number of anilines is 1. The maximum atomic E-state index is 12.9. The summed E-state index contributed by atoms with van der Waals surface area (Å²) in [5, 5.41) is 1.94.